The molecule has 3 heterocycles. The van der Waals surface area contributed by atoms with Crippen LogP contribution in [0.1, 0.15) is 32.3 Å². The molecule has 4 nitrogen and oxygen atoms in total. The van der Waals surface area contributed by atoms with E-state index in [1.54, 1.807) is 7.11 Å². The highest BCUT2D eigenvalue weighted by Gasteiger charge is 2.37. The number of fused-ring (bicyclic) bond motifs is 1. The Bertz CT molecular complexity index is 477. The zero-order chi connectivity index (χ0) is 14.8. The molecule has 0 radical (unpaired) electrons. The third-order valence-corrected chi connectivity index (χ3v) is 5.00. The average Bonchev–Trinajstić information content (AvgIpc) is 2.93. The number of piperazine rings is 1. The molecule has 0 aliphatic carbocycles. The van der Waals surface area contributed by atoms with Crippen molar-refractivity contribution in [3.8, 4) is 5.88 Å². The molecule has 2 fully saturated rings. The summed E-state index contributed by atoms with van der Waals surface area (Å²) in [4.78, 5) is 9.58. The molecule has 0 aromatic carbocycles. The van der Waals surface area contributed by atoms with Crippen LogP contribution in [-0.2, 0) is 6.54 Å². The zero-order valence-corrected chi connectivity index (χ0v) is 13.5. The molecule has 2 unspecified atom stereocenters. The van der Waals surface area contributed by atoms with Crippen LogP contribution in [0, 0.1) is 5.92 Å². The van der Waals surface area contributed by atoms with Crippen molar-refractivity contribution in [1.82, 2.24) is 14.8 Å². The molecule has 4 heteroatoms. The predicted molar refractivity (Wildman–Crippen MR) is 84.4 cm³/mol. The molecular weight excluding hydrogens is 262 g/mol. The van der Waals surface area contributed by atoms with Crippen molar-refractivity contribution in [3.05, 3.63) is 23.9 Å². The molecule has 2 aliphatic heterocycles. The SMILES string of the molecule is COc1cc(CN2CC3CCCN3CC2C(C)C)ccn1. The van der Waals surface area contributed by atoms with Gasteiger partial charge in [-0.2, -0.15) is 0 Å². The maximum absolute atomic E-state index is 5.25. The number of hydrogen-bond donors (Lipinski definition) is 0. The molecule has 0 N–H and O–H groups in total. The van der Waals surface area contributed by atoms with Crippen molar-refractivity contribution in [2.75, 3.05) is 26.7 Å². The molecule has 116 valence electrons. The number of ether oxygens (including phenoxy) is 1. The summed E-state index contributed by atoms with van der Waals surface area (Å²) < 4.78 is 5.25. The molecule has 0 spiro atoms. The molecule has 2 saturated heterocycles. The molecule has 3 rings (SSSR count). The van der Waals surface area contributed by atoms with Gasteiger partial charge in [-0.05, 0) is 36.9 Å². The summed E-state index contributed by atoms with van der Waals surface area (Å²) >= 11 is 0. The van der Waals surface area contributed by atoms with Crippen LogP contribution in [0.5, 0.6) is 5.88 Å². The predicted octanol–water partition coefficient (Wildman–Crippen LogP) is 2.39. The number of methoxy groups -OCH3 is 1. The molecule has 0 bridgehead atoms. The maximum atomic E-state index is 5.25. The van der Waals surface area contributed by atoms with Crippen molar-refractivity contribution < 1.29 is 4.74 Å². The van der Waals surface area contributed by atoms with E-state index in [1.165, 1.54) is 38.0 Å². The van der Waals surface area contributed by atoms with E-state index in [0.29, 0.717) is 17.8 Å². The second-order valence-corrected chi connectivity index (χ2v) is 6.74. The van der Waals surface area contributed by atoms with Gasteiger partial charge in [0.15, 0.2) is 0 Å². The van der Waals surface area contributed by atoms with Gasteiger partial charge in [-0.25, -0.2) is 4.98 Å². The lowest BCUT2D eigenvalue weighted by Crippen LogP contribution is -2.57. The fraction of sp³-hybridized carbons (Fsp3) is 0.706. The lowest BCUT2D eigenvalue weighted by molar-refractivity contribution is 0.0239. The highest BCUT2D eigenvalue weighted by atomic mass is 16.5. The van der Waals surface area contributed by atoms with Crippen LogP contribution in [0.4, 0.5) is 0 Å². The largest absolute Gasteiger partial charge is 0.481 e. The van der Waals surface area contributed by atoms with Gasteiger partial charge in [0.05, 0.1) is 7.11 Å². The van der Waals surface area contributed by atoms with Gasteiger partial charge in [-0.3, -0.25) is 9.80 Å². The molecule has 2 aliphatic rings. The quantitative estimate of drug-likeness (QED) is 0.851. The number of pyridine rings is 1. The van der Waals surface area contributed by atoms with Crippen molar-refractivity contribution in [1.29, 1.82) is 0 Å². The number of rotatable bonds is 4. The summed E-state index contributed by atoms with van der Waals surface area (Å²) in [7, 11) is 1.68. The Morgan fingerprint density at radius 3 is 3.00 bits per heavy atom. The third-order valence-electron chi connectivity index (χ3n) is 5.00. The second-order valence-electron chi connectivity index (χ2n) is 6.74. The van der Waals surface area contributed by atoms with Crippen LogP contribution in [0.25, 0.3) is 0 Å². The Balaban J connectivity index is 1.74. The summed E-state index contributed by atoms with van der Waals surface area (Å²) in [6.07, 6.45) is 4.58. The number of nitrogens with zero attached hydrogens (tertiary/aromatic N) is 3. The summed E-state index contributed by atoms with van der Waals surface area (Å²) in [6, 6.07) is 5.60. The Labute approximate surface area is 128 Å². The molecule has 0 saturated carbocycles. The van der Waals surface area contributed by atoms with Crippen LogP contribution in [-0.4, -0.2) is 53.6 Å². The van der Waals surface area contributed by atoms with Gasteiger partial charge in [0.25, 0.3) is 0 Å². The number of hydrogen-bond acceptors (Lipinski definition) is 4. The molecule has 1 aromatic heterocycles. The van der Waals surface area contributed by atoms with Gasteiger partial charge in [-0.15, -0.1) is 0 Å². The van der Waals surface area contributed by atoms with Gasteiger partial charge < -0.3 is 4.74 Å². The normalized spacial score (nSPS) is 27.0. The molecular formula is C17H27N3O. The Hall–Kier alpha value is -1.13. The first-order chi connectivity index (χ1) is 10.2. The first-order valence-electron chi connectivity index (χ1n) is 8.14. The van der Waals surface area contributed by atoms with Crippen LogP contribution in [0.15, 0.2) is 18.3 Å². The van der Waals surface area contributed by atoms with E-state index in [-0.39, 0.29) is 0 Å². The van der Waals surface area contributed by atoms with E-state index in [4.69, 9.17) is 4.74 Å². The van der Waals surface area contributed by atoms with E-state index < -0.39 is 0 Å². The van der Waals surface area contributed by atoms with E-state index in [0.717, 1.165) is 12.6 Å². The third kappa shape index (κ3) is 3.22. The Kier molecular flexibility index (Phi) is 4.45. The molecule has 0 amide bonds. The summed E-state index contributed by atoms with van der Waals surface area (Å²) in [5.41, 5.74) is 1.30. The van der Waals surface area contributed by atoms with Gasteiger partial charge >= 0.3 is 0 Å². The lowest BCUT2D eigenvalue weighted by Gasteiger charge is -2.45. The van der Waals surface area contributed by atoms with Crippen LogP contribution in [0.3, 0.4) is 0 Å². The highest BCUT2D eigenvalue weighted by molar-refractivity contribution is 5.20. The Morgan fingerprint density at radius 1 is 1.38 bits per heavy atom. The molecule has 21 heavy (non-hydrogen) atoms. The number of aromatic nitrogens is 1. The first kappa shape index (κ1) is 14.8. The standard InChI is InChI=1S/C17H27N3O/c1-13(2)16-12-19-8-4-5-15(19)11-20(16)10-14-6-7-18-17(9-14)21-3/h6-7,9,13,15-16H,4-5,8,10-12H2,1-3H3. The topological polar surface area (TPSA) is 28.6 Å². The van der Waals surface area contributed by atoms with Crippen molar-refractivity contribution in [2.45, 2.75) is 45.3 Å². The lowest BCUT2D eigenvalue weighted by atomic mass is 9.96. The smallest absolute Gasteiger partial charge is 0.213 e. The average molecular weight is 289 g/mol. The summed E-state index contributed by atoms with van der Waals surface area (Å²) in [5.74, 6) is 1.41. The maximum Gasteiger partial charge on any atom is 0.213 e. The van der Waals surface area contributed by atoms with Gasteiger partial charge in [-0.1, -0.05) is 13.8 Å². The molecule has 1 aromatic rings. The monoisotopic (exact) mass is 289 g/mol. The van der Waals surface area contributed by atoms with E-state index >= 15 is 0 Å². The van der Waals surface area contributed by atoms with Crippen LogP contribution < -0.4 is 4.74 Å². The fourth-order valence-electron chi connectivity index (χ4n) is 3.81. The summed E-state index contributed by atoms with van der Waals surface area (Å²) in [5, 5.41) is 0. The van der Waals surface area contributed by atoms with Crippen LogP contribution >= 0.6 is 0 Å². The van der Waals surface area contributed by atoms with Gasteiger partial charge in [0.1, 0.15) is 0 Å². The zero-order valence-electron chi connectivity index (χ0n) is 13.5. The highest BCUT2D eigenvalue weighted by Crippen LogP contribution is 2.29. The minimum absolute atomic E-state index is 0.651. The van der Waals surface area contributed by atoms with Crippen LogP contribution in [0.2, 0.25) is 0 Å². The van der Waals surface area contributed by atoms with E-state index in [2.05, 4.69) is 40.8 Å². The van der Waals surface area contributed by atoms with Gasteiger partial charge in [0, 0.05) is 44.0 Å². The van der Waals surface area contributed by atoms with E-state index in [9.17, 15) is 0 Å². The minimum Gasteiger partial charge on any atom is -0.481 e. The Morgan fingerprint density at radius 2 is 2.24 bits per heavy atom. The van der Waals surface area contributed by atoms with Gasteiger partial charge in [0.2, 0.25) is 5.88 Å². The van der Waals surface area contributed by atoms with Crippen molar-refractivity contribution in [3.63, 3.8) is 0 Å². The summed E-state index contributed by atoms with van der Waals surface area (Å²) in [6.45, 7) is 9.43. The van der Waals surface area contributed by atoms with E-state index in [1.807, 2.05) is 6.20 Å². The second kappa shape index (κ2) is 6.32. The van der Waals surface area contributed by atoms with Crippen molar-refractivity contribution in [2.24, 2.45) is 5.92 Å². The minimum atomic E-state index is 0.651. The first-order valence-corrected chi connectivity index (χ1v) is 8.14. The molecule has 2 atom stereocenters. The van der Waals surface area contributed by atoms with Crippen molar-refractivity contribution >= 4 is 0 Å². The fourth-order valence-corrected chi connectivity index (χ4v) is 3.81.